The predicted octanol–water partition coefficient (Wildman–Crippen LogP) is 1.07. The summed E-state index contributed by atoms with van der Waals surface area (Å²) in [6.07, 6.45) is 5.17. The first-order valence-electron chi connectivity index (χ1n) is 7.09. The van der Waals surface area contributed by atoms with E-state index in [9.17, 15) is 0 Å². The zero-order valence-corrected chi connectivity index (χ0v) is 11.6. The third kappa shape index (κ3) is 4.11. The fourth-order valence-electron chi connectivity index (χ4n) is 2.48. The van der Waals surface area contributed by atoms with Gasteiger partial charge in [0.25, 0.3) is 0 Å². The summed E-state index contributed by atoms with van der Waals surface area (Å²) in [5.74, 6) is 1.65. The van der Waals surface area contributed by atoms with Crippen LogP contribution in [0.15, 0.2) is 18.2 Å². The smallest absolute Gasteiger partial charge is 0.161 e. The normalized spacial score (nSPS) is 15.7. The van der Waals surface area contributed by atoms with Gasteiger partial charge < -0.3 is 19.9 Å². The van der Waals surface area contributed by atoms with E-state index in [0.717, 1.165) is 37.4 Å². The van der Waals surface area contributed by atoms with Gasteiger partial charge in [0.2, 0.25) is 0 Å². The van der Waals surface area contributed by atoms with E-state index in [1.54, 1.807) is 7.11 Å². The second kappa shape index (κ2) is 7.36. The van der Waals surface area contributed by atoms with Gasteiger partial charge in [0.1, 0.15) is 6.54 Å². The second-order valence-corrected chi connectivity index (χ2v) is 5.01. The summed E-state index contributed by atoms with van der Waals surface area (Å²) in [7, 11) is 1.68. The highest BCUT2D eigenvalue weighted by molar-refractivity contribution is 5.42. The number of hydrogen-bond donors (Lipinski definition) is 2. The zero-order valence-electron chi connectivity index (χ0n) is 11.6. The molecule has 0 aliphatic heterocycles. The Hall–Kier alpha value is -1.26. The molecule has 1 aromatic rings. The molecule has 0 atom stereocenters. The van der Waals surface area contributed by atoms with Gasteiger partial charge in [-0.25, -0.2) is 0 Å². The SMILES string of the molecule is COc1cc(C[NH2+]CCO)ccc1OC1CCCC1. The number of aliphatic hydroxyl groups is 1. The Morgan fingerprint density at radius 3 is 2.74 bits per heavy atom. The summed E-state index contributed by atoms with van der Waals surface area (Å²) in [5, 5.41) is 10.8. The molecule has 0 heterocycles. The summed E-state index contributed by atoms with van der Waals surface area (Å²) in [6.45, 7) is 1.78. The molecule has 4 heteroatoms. The van der Waals surface area contributed by atoms with Crippen molar-refractivity contribution in [2.45, 2.75) is 38.3 Å². The number of benzene rings is 1. The van der Waals surface area contributed by atoms with E-state index in [0.29, 0.717) is 6.10 Å². The average molecular weight is 266 g/mol. The monoisotopic (exact) mass is 266 g/mol. The Kier molecular flexibility index (Phi) is 5.48. The molecule has 0 radical (unpaired) electrons. The molecule has 0 amide bonds. The predicted molar refractivity (Wildman–Crippen MR) is 73.5 cm³/mol. The van der Waals surface area contributed by atoms with E-state index >= 15 is 0 Å². The zero-order chi connectivity index (χ0) is 13.5. The molecule has 0 aromatic heterocycles. The maximum atomic E-state index is 8.77. The minimum absolute atomic E-state index is 0.208. The van der Waals surface area contributed by atoms with Crippen molar-refractivity contribution < 1.29 is 19.9 Å². The van der Waals surface area contributed by atoms with Crippen LogP contribution in [0.25, 0.3) is 0 Å². The van der Waals surface area contributed by atoms with Crippen LogP contribution in [0.3, 0.4) is 0 Å². The molecule has 1 saturated carbocycles. The number of ether oxygens (including phenoxy) is 2. The molecule has 1 aliphatic carbocycles. The van der Waals surface area contributed by atoms with Gasteiger partial charge in [-0.05, 0) is 43.9 Å². The molecule has 1 fully saturated rings. The first-order chi connectivity index (χ1) is 9.33. The van der Waals surface area contributed by atoms with E-state index < -0.39 is 0 Å². The van der Waals surface area contributed by atoms with Crippen molar-refractivity contribution in [2.24, 2.45) is 0 Å². The van der Waals surface area contributed by atoms with Crippen LogP contribution >= 0.6 is 0 Å². The number of nitrogens with two attached hydrogens (primary N) is 1. The molecule has 106 valence electrons. The Morgan fingerprint density at radius 1 is 1.26 bits per heavy atom. The van der Waals surface area contributed by atoms with Crippen molar-refractivity contribution >= 4 is 0 Å². The fourth-order valence-corrected chi connectivity index (χ4v) is 2.48. The summed E-state index contributed by atoms with van der Waals surface area (Å²) in [4.78, 5) is 0. The number of methoxy groups -OCH3 is 1. The molecular formula is C15H24NO3+. The lowest BCUT2D eigenvalue weighted by atomic mass is 10.2. The van der Waals surface area contributed by atoms with Crippen LogP contribution < -0.4 is 14.8 Å². The number of aliphatic hydroxyl groups excluding tert-OH is 1. The highest BCUT2D eigenvalue weighted by Gasteiger charge is 2.18. The van der Waals surface area contributed by atoms with Gasteiger partial charge >= 0.3 is 0 Å². The summed E-state index contributed by atoms with van der Waals surface area (Å²) in [5.41, 5.74) is 1.18. The third-order valence-electron chi connectivity index (χ3n) is 3.54. The Labute approximate surface area is 114 Å². The van der Waals surface area contributed by atoms with Crippen LogP contribution in [-0.4, -0.2) is 31.5 Å². The largest absolute Gasteiger partial charge is 0.493 e. The highest BCUT2D eigenvalue weighted by Crippen LogP contribution is 2.32. The Bertz CT molecular complexity index is 389. The van der Waals surface area contributed by atoms with Crippen LogP contribution in [0.1, 0.15) is 31.2 Å². The van der Waals surface area contributed by atoms with E-state index in [1.165, 1.54) is 18.4 Å². The van der Waals surface area contributed by atoms with Crippen molar-refractivity contribution in [1.82, 2.24) is 0 Å². The number of hydrogen-bond acceptors (Lipinski definition) is 3. The maximum absolute atomic E-state index is 8.77. The lowest BCUT2D eigenvalue weighted by molar-refractivity contribution is -0.671. The molecule has 1 aliphatic rings. The third-order valence-corrected chi connectivity index (χ3v) is 3.54. The van der Waals surface area contributed by atoms with Crippen molar-refractivity contribution in [3.63, 3.8) is 0 Å². The minimum Gasteiger partial charge on any atom is -0.493 e. The summed E-state index contributed by atoms with van der Waals surface area (Å²) < 4.78 is 11.4. The van der Waals surface area contributed by atoms with Crippen LogP contribution in [0.5, 0.6) is 11.5 Å². The second-order valence-electron chi connectivity index (χ2n) is 5.01. The van der Waals surface area contributed by atoms with E-state index in [-0.39, 0.29) is 6.61 Å². The van der Waals surface area contributed by atoms with E-state index in [1.807, 2.05) is 12.1 Å². The molecule has 0 saturated heterocycles. The van der Waals surface area contributed by atoms with Crippen LogP contribution in [0.2, 0.25) is 0 Å². The lowest BCUT2D eigenvalue weighted by Gasteiger charge is -2.16. The molecule has 0 unspecified atom stereocenters. The minimum atomic E-state index is 0.208. The number of rotatable bonds is 7. The van der Waals surface area contributed by atoms with Gasteiger partial charge in [-0.2, -0.15) is 0 Å². The van der Waals surface area contributed by atoms with Gasteiger partial charge in [-0.3, -0.25) is 0 Å². The molecule has 4 nitrogen and oxygen atoms in total. The Morgan fingerprint density at radius 2 is 2.05 bits per heavy atom. The molecule has 3 N–H and O–H groups in total. The first-order valence-corrected chi connectivity index (χ1v) is 7.09. The van der Waals surface area contributed by atoms with Gasteiger partial charge in [-0.1, -0.05) is 0 Å². The van der Waals surface area contributed by atoms with Crippen LogP contribution in [0, 0.1) is 0 Å². The molecule has 0 spiro atoms. The number of quaternary nitrogens is 1. The lowest BCUT2D eigenvalue weighted by Crippen LogP contribution is -2.83. The highest BCUT2D eigenvalue weighted by atomic mass is 16.5. The van der Waals surface area contributed by atoms with Gasteiger partial charge in [-0.15, -0.1) is 0 Å². The van der Waals surface area contributed by atoms with Crippen molar-refractivity contribution in [2.75, 3.05) is 20.3 Å². The molecular weight excluding hydrogens is 242 g/mol. The van der Waals surface area contributed by atoms with Crippen molar-refractivity contribution in [3.05, 3.63) is 23.8 Å². The molecule has 2 rings (SSSR count). The van der Waals surface area contributed by atoms with Gasteiger partial charge in [0.05, 0.1) is 26.4 Å². The quantitative estimate of drug-likeness (QED) is 0.726. The summed E-state index contributed by atoms with van der Waals surface area (Å²) in [6, 6.07) is 6.10. The van der Waals surface area contributed by atoms with Crippen LogP contribution in [0.4, 0.5) is 0 Å². The molecule has 19 heavy (non-hydrogen) atoms. The van der Waals surface area contributed by atoms with Gasteiger partial charge in [0.15, 0.2) is 11.5 Å². The maximum Gasteiger partial charge on any atom is 0.161 e. The standard InChI is InChI=1S/C15H23NO3/c1-18-15-10-12(11-16-8-9-17)6-7-14(15)19-13-4-2-3-5-13/h6-7,10,13,16-17H,2-5,8-9,11H2,1H3/p+1. The molecule has 0 bridgehead atoms. The topological polar surface area (TPSA) is 55.3 Å². The average Bonchev–Trinajstić information content (AvgIpc) is 2.93. The van der Waals surface area contributed by atoms with Crippen molar-refractivity contribution in [3.8, 4) is 11.5 Å². The van der Waals surface area contributed by atoms with Crippen molar-refractivity contribution in [1.29, 1.82) is 0 Å². The Balaban J connectivity index is 1.98. The molecule has 1 aromatic carbocycles. The summed E-state index contributed by atoms with van der Waals surface area (Å²) >= 11 is 0. The first kappa shape index (κ1) is 14.2. The van der Waals surface area contributed by atoms with Gasteiger partial charge in [0, 0.05) is 5.56 Å². The van der Waals surface area contributed by atoms with Crippen LogP contribution in [-0.2, 0) is 6.54 Å². The van der Waals surface area contributed by atoms with E-state index in [4.69, 9.17) is 14.6 Å². The van der Waals surface area contributed by atoms with E-state index in [2.05, 4.69) is 11.4 Å². The fraction of sp³-hybridized carbons (Fsp3) is 0.600.